The van der Waals surface area contributed by atoms with Gasteiger partial charge in [-0.1, -0.05) is 30.3 Å². The first kappa shape index (κ1) is 19.4. The van der Waals surface area contributed by atoms with Gasteiger partial charge in [-0.3, -0.25) is 9.59 Å². The summed E-state index contributed by atoms with van der Waals surface area (Å²) in [5.41, 5.74) is 1.45. The fraction of sp³-hybridized carbons (Fsp3) is 0.286. The van der Waals surface area contributed by atoms with Crippen molar-refractivity contribution in [3.05, 3.63) is 59.7 Å². The van der Waals surface area contributed by atoms with E-state index in [0.717, 1.165) is 5.56 Å². The van der Waals surface area contributed by atoms with E-state index in [9.17, 15) is 14.4 Å². The first-order valence-corrected chi connectivity index (χ1v) is 8.97. The molecular formula is C21H22N2O5. The summed E-state index contributed by atoms with van der Waals surface area (Å²) in [6.07, 6.45) is 0.137. The molecule has 1 saturated heterocycles. The molecule has 2 amide bonds. The van der Waals surface area contributed by atoms with Gasteiger partial charge in [0.2, 0.25) is 11.8 Å². The lowest BCUT2D eigenvalue weighted by Crippen LogP contribution is -2.30. The van der Waals surface area contributed by atoms with Gasteiger partial charge in [0.25, 0.3) is 0 Å². The average Bonchev–Trinajstić information content (AvgIpc) is 3.10. The number of carbonyl (C=O) groups excluding carboxylic acids is 2. The van der Waals surface area contributed by atoms with E-state index in [-0.39, 0.29) is 35.6 Å². The van der Waals surface area contributed by atoms with Gasteiger partial charge in [-0.25, -0.2) is 4.79 Å². The number of rotatable bonds is 6. The number of anilines is 1. The SMILES string of the molecule is COc1cc(C(=O)O)ccc1NC(=O)C1CC(=O)N(C(C)c2ccccc2)C1. The minimum absolute atomic E-state index is 0.0637. The van der Waals surface area contributed by atoms with Crippen molar-refractivity contribution >= 4 is 23.5 Å². The number of carboxylic acids is 1. The molecule has 1 heterocycles. The number of nitrogens with one attached hydrogen (secondary N) is 1. The Bertz CT molecular complexity index is 897. The fourth-order valence-electron chi connectivity index (χ4n) is 3.36. The maximum atomic E-state index is 12.7. The van der Waals surface area contributed by atoms with Crippen LogP contribution in [0.4, 0.5) is 5.69 Å². The number of ether oxygens (including phenoxy) is 1. The van der Waals surface area contributed by atoms with E-state index < -0.39 is 11.9 Å². The Morgan fingerprint density at radius 1 is 1.21 bits per heavy atom. The molecule has 2 aromatic carbocycles. The third-order valence-corrected chi connectivity index (χ3v) is 4.99. The molecule has 0 bridgehead atoms. The molecule has 146 valence electrons. The zero-order valence-corrected chi connectivity index (χ0v) is 15.7. The quantitative estimate of drug-likeness (QED) is 0.801. The van der Waals surface area contributed by atoms with Crippen LogP contribution in [0.3, 0.4) is 0 Å². The fourth-order valence-corrected chi connectivity index (χ4v) is 3.36. The Balaban J connectivity index is 1.71. The normalized spacial score (nSPS) is 17.3. The van der Waals surface area contributed by atoms with Crippen molar-refractivity contribution in [1.29, 1.82) is 0 Å². The molecule has 28 heavy (non-hydrogen) atoms. The molecule has 0 radical (unpaired) electrons. The van der Waals surface area contributed by atoms with Gasteiger partial charge in [0.15, 0.2) is 0 Å². The van der Waals surface area contributed by atoms with Gasteiger partial charge in [-0.15, -0.1) is 0 Å². The highest BCUT2D eigenvalue weighted by Crippen LogP contribution is 2.31. The van der Waals surface area contributed by atoms with Crippen LogP contribution in [0.1, 0.15) is 35.3 Å². The summed E-state index contributed by atoms with van der Waals surface area (Å²) in [5.74, 6) is -1.67. The van der Waals surface area contributed by atoms with Crippen LogP contribution in [0.2, 0.25) is 0 Å². The molecule has 0 spiro atoms. The zero-order chi connectivity index (χ0) is 20.3. The van der Waals surface area contributed by atoms with Crippen molar-refractivity contribution in [3.63, 3.8) is 0 Å². The Labute approximate surface area is 162 Å². The van der Waals surface area contributed by atoms with E-state index in [1.54, 1.807) is 4.90 Å². The standard InChI is InChI=1S/C21H22N2O5/c1-13(14-6-4-3-5-7-14)23-12-16(11-19(23)24)20(25)22-17-9-8-15(21(26)27)10-18(17)28-2/h3-10,13,16H,11-12H2,1-2H3,(H,22,25)(H,26,27). The second-order valence-electron chi connectivity index (χ2n) is 6.74. The van der Waals surface area contributed by atoms with Crippen LogP contribution in [-0.4, -0.2) is 41.4 Å². The molecule has 1 aliphatic heterocycles. The predicted octanol–water partition coefficient (Wildman–Crippen LogP) is 2.94. The van der Waals surface area contributed by atoms with Gasteiger partial charge in [-0.2, -0.15) is 0 Å². The van der Waals surface area contributed by atoms with Crippen molar-refractivity contribution in [3.8, 4) is 5.75 Å². The summed E-state index contributed by atoms with van der Waals surface area (Å²) in [6, 6.07) is 13.8. The largest absolute Gasteiger partial charge is 0.495 e. The highest BCUT2D eigenvalue weighted by atomic mass is 16.5. The third-order valence-electron chi connectivity index (χ3n) is 4.99. The molecule has 0 saturated carbocycles. The molecule has 2 aromatic rings. The zero-order valence-electron chi connectivity index (χ0n) is 15.7. The first-order valence-electron chi connectivity index (χ1n) is 8.97. The molecule has 1 aliphatic rings. The van der Waals surface area contributed by atoms with E-state index in [1.807, 2.05) is 37.3 Å². The summed E-state index contributed by atoms with van der Waals surface area (Å²) in [7, 11) is 1.40. The van der Waals surface area contributed by atoms with Crippen LogP contribution >= 0.6 is 0 Å². The van der Waals surface area contributed by atoms with Gasteiger partial charge in [0, 0.05) is 13.0 Å². The van der Waals surface area contributed by atoms with Gasteiger partial charge in [0.05, 0.1) is 30.3 Å². The second kappa shape index (κ2) is 8.12. The number of nitrogens with zero attached hydrogens (tertiary/aromatic N) is 1. The topological polar surface area (TPSA) is 95.9 Å². The summed E-state index contributed by atoms with van der Waals surface area (Å²) in [4.78, 5) is 37.9. The summed E-state index contributed by atoms with van der Waals surface area (Å²) in [5, 5.41) is 11.8. The number of amides is 2. The monoisotopic (exact) mass is 382 g/mol. The Morgan fingerprint density at radius 2 is 1.93 bits per heavy atom. The second-order valence-corrected chi connectivity index (χ2v) is 6.74. The lowest BCUT2D eigenvalue weighted by molar-refractivity contribution is -0.129. The number of aromatic carboxylic acids is 1. The van der Waals surface area contributed by atoms with Crippen LogP contribution in [0, 0.1) is 5.92 Å². The number of likely N-dealkylation sites (tertiary alicyclic amines) is 1. The van der Waals surface area contributed by atoms with Crippen LogP contribution < -0.4 is 10.1 Å². The van der Waals surface area contributed by atoms with Gasteiger partial charge < -0.3 is 20.1 Å². The van der Waals surface area contributed by atoms with Crippen LogP contribution in [0.5, 0.6) is 5.75 Å². The number of methoxy groups -OCH3 is 1. The molecule has 3 rings (SSSR count). The number of carboxylic acid groups (broad SMARTS) is 1. The minimum Gasteiger partial charge on any atom is -0.495 e. The van der Waals surface area contributed by atoms with E-state index in [4.69, 9.17) is 9.84 Å². The lowest BCUT2D eigenvalue weighted by atomic mass is 10.1. The number of hydrogen-bond donors (Lipinski definition) is 2. The maximum Gasteiger partial charge on any atom is 0.335 e. The molecule has 1 fully saturated rings. The molecule has 2 N–H and O–H groups in total. The molecular weight excluding hydrogens is 360 g/mol. The molecule has 2 atom stereocenters. The summed E-state index contributed by atoms with van der Waals surface area (Å²) in [6.45, 7) is 2.28. The van der Waals surface area contributed by atoms with Gasteiger partial charge in [-0.05, 0) is 30.7 Å². The van der Waals surface area contributed by atoms with E-state index in [0.29, 0.717) is 12.2 Å². The van der Waals surface area contributed by atoms with Crippen molar-refractivity contribution in [2.45, 2.75) is 19.4 Å². The van der Waals surface area contributed by atoms with E-state index >= 15 is 0 Å². The number of hydrogen-bond acceptors (Lipinski definition) is 4. The Kier molecular flexibility index (Phi) is 5.63. The third kappa shape index (κ3) is 3.98. The van der Waals surface area contributed by atoms with Crippen molar-refractivity contribution in [1.82, 2.24) is 4.90 Å². The van der Waals surface area contributed by atoms with Crippen molar-refractivity contribution in [2.75, 3.05) is 19.0 Å². The van der Waals surface area contributed by atoms with Crippen LogP contribution in [0.15, 0.2) is 48.5 Å². The molecule has 2 unspecified atom stereocenters. The van der Waals surface area contributed by atoms with Gasteiger partial charge >= 0.3 is 5.97 Å². The van der Waals surface area contributed by atoms with Gasteiger partial charge in [0.1, 0.15) is 5.75 Å². The Hall–Kier alpha value is -3.35. The van der Waals surface area contributed by atoms with Crippen molar-refractivity contribution < 1.29 is 24.2 Å². The maximum absolute atomic E-state index is 12.7. The predicted molar refractivity (Wildman–Crippen MR) is 103 cm³/mol. The lowest BCUT2D eigenvalue weighted by Gasteiger charge is -2.25. The minimum atomic E-state index is -1.08. The number of carbonyl (C=O) groups is 3. The summed E-state index contributed by atoms with van der Waals surface area (Å²) < 4.78 is 5.18. The molecule has 0 aliphatic carbocycles. The molecule has 7 heteroatoms. The molecule has 7 nitrogen and oxygen atoms in total. The molecule has 0 aromatic heterocycles. The van der Waals surface area contributed by atoms with Crippen LogP contribution in [-0.2, 0) is 9.59 Å². The van der Waals surface area contributed by atoms with Crippen molar-refractivity contribution in [2.24, 2.45) is 5.92 Å². The number of benzene rings is 2. The Morgan fingerprint density at radius 3 is 2.57 bits per heavy atom. The highest BCUT2D eigenvalue weighted by Gasteiger charge is 2.37. The van der Waals surface area contributed by atoms with E-state index in [1.165, 1.54) is 25.3 Å². The van der Waals surface area contributed by atoms with E-state index in [2.05, 4.69) is 5.32 Å². The highest BCUT2D eigenvalue weighted by molar-refractivity contribution is 5.99. The first-order chi connectivity index (χ1) is 13.4. The smallest absolute Gasteiger partial charge is 0.335 e. The van der Waals surface area contributed by atoms with Crippen LogP contribution in [0.25, 0.3) is 0 Å². The summed E-state index contributed by atoms with van der Waals surface area (Å²) >= 11 is 0. The average molecular weight is 382 g/mol.